The third-order valence-corrected chi connectivity index (χ3v) is 5.81. The Balaban J connectivity index is 0.00000225. The van der Waals surface area contributed by atoms with Gasteiger partial charge < -0.3 is 5.32 Å². The number of rotatable bonds is 4. The first-order chi connectivity index (χ1) is 11.4. The van der Waals surface area contributed by atoms with Gasteiger partial charge in [-0.25, -0.2) is 22.2 Å². The maximum atomic E-state index is 14.4. The van der Waals surface area contributed by atoms with E-state index in [0.29, 0.717) is 6.54 Å². The highest BCUT2D eigenvalue weighted by atomic mass is 35.5. The molecule has 2 heterocycles. The molecule has 1 saturated heterocycles. The van der Waals surface area contributed by atoms with Crippen molar-refractivity contribution in [1.29, 1.82) is 0 Å². The van der Waals surface area contributed by atoms with Crippen molar-refractivity contribution in [2.75, 3.05) is 13.1 Å². The lowest BCUT2D eigenvalue weighted by molar-refractivity contribution is 0.327. The highest BCUT2D eigenvalue weighted by Gasteiger charge is 2.27. The highest BCUT2D eigenvalue weighted by molar-refractivity contribution is 7.89. The van der Waals surface area contributed by atoms with Gasteiger partial charge in [-0.1, -0.05) is 6.92 Å². The minimum Gasteiger partial charge on any atom is -0.315 e. The summed E-state index contributed by atoms with van der Waals surface area (Å²) in [6, 6.07) is 3.67. The van der Waals surface area contributed by atoms with Gasteiger partial charge in [-0.15, -0.1) is 12.4 Å². The van der Waals surface area contributed by atoms with Crippen LogP contribution in [0, 0.1) is 18.7 Å². The van der Waals surface area contributed by atoms with E-state index in [2.05, 4.69) is 15.1 Å². The highest BCUT2D eigenvalue weighted by Crippen LogP contribution is 2.20. The number of hydrogen-bond donors (Lipinski definition) is 2. The summed E-state index contributed by atoms with van der Waals surface area (Å²) in [7, 11) is -3.77. The predicted molar refractivity (Wildman–Crippen MR) is 96.3 cm³/mol. The molecule has 2 unspecified atom stereocenters. The number of hydrogen-bond acceptors (Lipinski definition) is 4. The van der Waals surface area contributed by atoms with Crippen molar-refractivity contribution in [1.82, 2.24) is 19.8 Å². The number of benzene rings is 1. The number of nitrogens with zero attached hydrogens (tertiary/aromatic N) is 2. The number of piperidine rings is 1. The first-order valence-corrected chi connectivity index (χ1v) is 9.39. The van der Waals surface area contributed by atoms with E-state index in [1.807, 2.05) is 13.8 Å². The molecule has 1 aromatic heterocycles. The molecule has 1 fully saturated rings. The van der Waals surface area contributed by atoms with E-state index in [1.165, 1.54) is 16.8 Å². The SMILES string of the molecule is Cc1cnn(-c2ccc(S(=O)(=O)NC3CNCCC3C)cc2F)c1.Cl. The standard InChI is InChI=1S/C16H21FN4O2S.ClH/c1-11-8-19-21(10-11)16-4-3-13(7-14(16)17)24(22,23)20-15-9-18-6-5-12(15)2;/h3-4,7-8,10,12,15,18,20H,5-6,9H2,1-2H3;1H. The first kappa shape index (κ1) is 19.8. The second-order valence-electron chi connectivity index (χ2n) is 6.27. The van der Waals surface area contributed by atoms with Gasteiger partial charge in [-0.05, 0) is 49.6 Å². The van der Waals surface area contributed by atoms with E-state index in [1.54, 1.807) is 12.4 Å². The van der Waals surface area contributed by atoms with Crippen LogP contribution in [0.2, 0.25) is 0 Å². The van der Waals surface area contributed by atoms with Gasteiger partial charge >= 0.3 is 0 Å². The van der Waals surface area contributed by atoms with Crippen LogP contribution in [-0.2, 0) is 10.0 Å². The Morgan fingerprint density at radius 2 is 2.16 bits per heavy atom. The molecule has 0 spiro atoms. The lowest BCUT2D eigenvalue weighted by atomic mass is 9.96. The second kappa shape index (κ2) is 7.82. The van der Waals surface area contributed by atoms with Gasteiger partial charge in [0.2, 0.25) is 10.0 Å². The Kier molecular flexibility index (Phi) is 6.21. The van der Waals surface area contributed by atoms with Gasteiger partial charge in [0.25, 0.3) is 0 Å². The van der Waals surface area contributed by atoms with Gasteiger partial charge in [0.05, 0.1) is 11.1 Å². The zero-order valence-corrected chi connectivity index (χ0v) is 15.7. The normalized spacial score (nSPS) is 20.9. The summed E-state index contributed by atoms with van der Waals surface area (Å²) in [5.74, 6) is -0.395. The third-order valence-electron chi connectivity index (χ3n) is 4.32. The average molecular weight is 389 g/mol. The smallest absolute Gasteiger partial charge is 0.240 e. The minimum absolute atomic E-state index is 0. The second-order valence-corrected chi connectivity index (χ2v) is 7.99. The van der Waals surface area contributed by atoms with E-state index in [4.69, 9.17) is 0 Å². The van der Waals surface area contributed by atoms with E-state index < -0.39 is 15.8 Å². The summed E-state index contributed by atoms with van der Waals surface area (Å²) < 4.78 is 43.5. The van der Waals surface area contributed by atoms with Gasteiger partial charge in [0, 0.05) is 18.8 Å². The first-order valence-electron chi connectivity index (χ1n) is 7.91. The molecule has 0 aliphatic carbocycles. The monoisotopic (exact) mass is 388 g/mol. The van der Waals surface area contributed by atoms with Crippen LogP contribution >= 0.6 is 12.4 Å². The molecule has 2 atom stereocenters. The molecule has 2 aromatic rings. The Morgan fingerprint density at radius 1 is 1.40 bits per heavy atom. The van der Waals surface area contributed by atoms with Crippen molar-refractivity contribution >= 4 is 22.4 Å². The Hall–Kier alpha value is -1.48. The summed E-state index contributed by atoms with van der Waals surface area (Å²) in [5.41, 5.74) is 1.11. The molecule has 0 radical (unpaired) electrons. The Morgan fingerprint density at radius 3 is 2.76 bits per heavy atom. The lowest BCUT2D eigenvalue weighted by Crippen LogP contribution is -2.50. The molecular weight excluding hydrogens is 367 g/mol. The summed E-state index contributed by atoms with van der Waals surface area (Å²) in [6.45, 7) is 5.32. The quantitative estimate of drug-likeness (QED) is 0.840. The van der Waals surface area contributed by atoms with Gasteiger partial charge in [0.15, 0.2) is 0 Å². The van der Waals surface area contributed by atoms with Crippen molar-refractivity contribution < 1.29 is 12.8 Å². The fourth-order valence-corrected chi connectivity index (χ4v) is 4.16. The molecule has 0 bridgehead atoms. The molecule has 1 aromatic carbocycles. The van der Waals surface area contributed by atoms with Crippen molar-refractivity contribution in [2.45, 2.75) is 31.2 Å². The maximum Gasteiger partial charge on any atom is 0.240 e. The molecule has 1 aliphatic heterocycles. The maximum absolute atomic E-state index is 14.4. The lowest BCUT2D eigenvalue weighted by Gasteiger charge is -2.30. The van der Waals surface area contributed by atoms with Crippen LogP contribution < -0.4 is 10.0 Å². The van der Waals surface area contributed by atoms with E-state index in [0.717, 1.165) is 24.6 Å². The number of nitrogens with one attached hydrogen (secondary N) is 2. The number of sulfonamides is 1. The van der Waals surface area contributed by atoms with Crippen LogP contribution in [0.4, 0.5) is 4.39 Å². The average Bonchev–Trinajstić information content (AvgIpc) is 2.95. The Labute approximate surface area is 153 Å². The molecule has 6 nitrogen and oxygen atoms in total. The van der Waals surface area contributed by atoms with E-state index >= 15 is 0 Å². The van der Waals surface area contributed by atoms with Gasteiger partial charge in [0.1, 0.15) is 11.5 Å². The van der Waals surface area contributed by atoms with Crippen LogP contribution in [0.3, 0.4) is 0 Å². The summed E-state index contributed by atoms with van der Waals surface area (Å²) in [4.78, 5) is -0.0783. The van der Waals surface area contributed by atoms with Crippen molar-refractivity contribution in [3.63, 3.8) is 0 Å². The number of halogens is 2. The van der Waals surface area contributed by atoms with Crippen molar-refractivity contribution in [3.05, 3.63) is 42.0 Å². The topological polar surface area (TPSA) is 76.0 Å². The summed E-state index contributed by atoms with van der Waals surface area (Å²) >= 11 is 0. The zero-order valence-electron chi connectivity index (χ0n) is 14.1. The molecule has 3 rings (SSSR count). The molecular formula is C16H22ClFN4O2S. The minimum atomic E-state index is -3.77. The van der Waals surface area contributed by atoms with Crippen LogP contribution in [-0.4, -0.2) is 37.3 Å². The van der Waals surface area contributed by atoms with Gasteiger partial charge in [-0.2, -0.15) is 5.10 Å². The largest absolute Gasteiger partial charge is 0.315 e. The fraction of sp³-hybridized carbons (Fsp3) is 0.438. The molecule has 25 heavy (non-hydrogen) atoms. The predicted octanol–water partition coefficient (Wildman–Crippen LogP) is 2.02. The Bertz CT molecular complexity index is 840. The fourth-order valence-electron chi connectivity index (χ4n) is 2.80. The van der Waals surface area contributed by atoms with Crippen LogP contribution in [0.15, 0.2) is 35.5 Å². The molecule has 1 aliphatic rings. The molecule has 0 amide bonds. The van der Waals surface area contributed by atoms with Crippen LogP contribution in [0.1, 0.15) is 18.9 Å². The molecule has 9 heteroatoms. The third kappa shape index (κ3) is 4.38. The molecule has 2 N–H and O–H groups in total. The van der Waals surface area contributed by atoms with Gasteiger partial charge in [-0.3, -0.25) is 0 Å². The molecule has 0 saturated carbocycles. The summed E-state index contributed by atoms with van der Waals surface area (Å²) in [5, 5.41) is 7.22. The number of aromatic nitrogens is 2. The molecule has 138 valence electrons. The van der Waals surface area contributed by atoms with Crippen molar-refractivity contribution in [2.24, 2.45) is 5.92 Å². The summed E-state index contributed by atoms with van der Waals surface area (Å²) in [6.07, 6.45) is 4.20. The van der Waals surface area contributed by atoms with Crippen LogP contribution in [0.5, 0.6) is 0 Å². The zero-order chi connectivity index (χ0) is 17.3. The number of aryl methyl sites for hydroxylation is 1. The van der Waals surface area contributed by atoms with E-state index in [9.17, 15) is 12.8 Å². The van der Waals surface area contributed by atoms with Crippen LogP contribution in [0.25, 0.3) is 5.69 Å². The van der Waals surface area contributed by atoms with Crippen molar-refractivity contribution in [3.8, 4) is 5.69 Å². The van der Waals surface area contributed by atoms with E-state index in [-0.39, 0.29) is 34.9 Å².